The molecule has 1 aromatic carbocycles. The van der Waals surface area contributed by atoms with Crippen molar-refractivity contribution in [1.82, 2.24) is 10.1 Å². The highest BCUT2D eigenvalue weighted by atomic mass is 127. The summed E-state index contributed by atoms with van der Waals surface area (Å²) in [5.41, 5.74) is 0. The van der Waals surface area contributed by atoms with E-state index in [1.807, 2.05) is 24.3 Å². The molecule has 0 saturated carbocycles. The Morgan fingerprint density at radius 2 is 2.33 bits per heavy atom. The van der Waals surface area contributed by atoms with Gasteiger partial charge in [0.2, 0.25) is 0 Å². The van der Waals surface area contributed by atoms with Crippen molar-refractivity contribution in [3.63, 3.8) is 0 Å². The first-order chi connectivity index (χ1) is 7.24. The van der Waals surface area contributed by atoms with Gasteiger partial charge < -0.3 is 9.26 Å². The van der Waals surface area contributed by atoms with E-state index in [1.165, 1.54) is 0 Å². The lowest BCUT2D eigenvalue weighted by Crippen LogP contribution is -1.95. The summed E-state index contributed by atoms with van der Waals surface area (Å²) in [5.74, 6) is 1.92. The van der Waals surface area contributed by atoms with Gasteiger partial charge in [-0.05, 0) is 47.7 Å². The van der Waals surface area contributed by atoms with E-state index in [9.17, 15) is 0 Å². The van der Waals surface area contributed by atoms with Crippen molar-refractivity contribution < 1.29 is 9.26 Å². The van der Waals surface area contributed by atoms with Crippen LogP contribution in [-0.4, -0.2) is 10.1 Å². The van der Waals surface area contributed by atoms with Crippen molar-refractivity contribution >= 4 is 22.6 Å². The van der Waals surface area contributed by atoms with Gasteiger partial charge in [0.15, 0.2) is 12.4 Å². The predicted molar refractivity (Wildman–Crippen MR) is 62.5 cm³/mol. The van der Waals surface area contributed by atoms with E-state index in [0.29, 0.717) is 18.3 Å². The van der Waals surface area contributed by atoms with Crippen molar-refractivity contribution in [2.24, 2.45) is 0 Å². The van der Waals surface area contributed by atoms with E-state index < -0.39 is 0 Å². The van der Waals surface area contributed by atoms with Crippen LogP contribution in [0.1, 0.15) is 11.7 Å². The molecule has 78 valence electrons. The molecule has 0 spiro atoms. The van der Waals surface area contributed by atoms with Gasteiger partial charge in [0.05, 0.1) is 0 Å². The van der Waals surface area contributed by atoms with Crippen LogP contribution in [0.3, 0.4) is 0 Å². The molecule has 15 heavy (non-hydrogen) atoms. The van der Waals surface area contributed by atoms with Gasteiger partial charge in [-0.15, -0.1) is 0 Å². The molecule has 1 aromatic heterocycles. The molecule has 0 aliphatic heterocycles. The maximum Gasteiger partial charge on any atom is 0.264 e. The van der Waals surface area contributed by atoms with Gasteiger partial charge in [0.1, 0.15) is 5.75 Å². The third-order valence-corrected chi connectivity index (χ3v) is 2.40. The number of aryl methyl sites for hydroxylation is 1. The first-order valence-electron chi connectivity index (χ1n) is 4.41. The molecule has 0 bridgehead atoms. The highest BCUT2D eigenvalue weighted by molar-refractivity contribution is 14.1. The van der Waals surface area contributed by atoms with E-state index >= 15 is 0 Å². The van der Waals surface area contributed by atoms with Gasteiger partial charge >= 0.3 is 0 Å². The summed E-state index contributed by atoms with van der Waals surface area (Å²) in [6.07, 6.45) is 0. The van der Waals surface area contributed by atoms with Crippen LogP contribution in [0.25, 0.3) is 0 Å². The van der Waals surface area contributed by atoms with E-state index in [2.05, 4.69) is 32.7 Å². The van der Waals surface area contributed by atoms with Crippen molar-refractivity contribution in [1.29, 1.82) is 0 Å². The SMILES string of the molecule is Cc1noc(COc2cccc(I)c2)n1. The standard InChI is InChI=1S/C10H9IN2O2/c1-7-12-10(15-13-7)6-14-9-4-2-3-8(11)5-9/h2-5H,6H2,1H3. The first kappa shape index (κ1) is 10.4. The van der Waals surface area contributed by atoms with Crippen molar-refractivity contribution in [3.05, 3.63) is 39.6 Å². The second kappa shape index (κ2) is 4.61. The quantitative estimate of drug-likeness (QED) is 0.817. The number of nitrogens with zero attached hydrogens (tertiary/aromatic N) is 2. The first-order valence-corrected chi connectivity index (χ1v) is 5.49. The molecule has 0 fully saturated rings. The van der Waals surface area contributed by atoms with E-state index in [-0.39, 0.29) is 0 Å². The zero-order chi connectivity index (χ0) is 10.7. The van der Waals surface area contributed by atoms with Gasteiger partial charge in [-0.3, -0.25) is 0 Å². The molecule has 2 aromatic rings. The summed E-state index contributed by atoms with van der Waals surface area (Å²) in [5, 5.41) is 3.68. The second-order valence-electron chi connectivity index (χ2n) is 2.98. The zero-order valence-corrected chi connectivity index (χ0v) is 10.3. The molecule has 0 N–H and O–H groups in total. The summed E-state index contributed by atoms with van der Waals surface area (Å²) < 4.78 is 11.5. The number of rotatable bonds is 3. The summed E-state index contributed by atoms with van der Waals surface area (Å²) in [7, 11) is 0. The molecule has 0 unspecified atom stereocenters. The summed E-state index contributed by atoms with van der Waals surface area (Å²) >= 11 is 2.23. The van der Waals surface area contributed by atoms with E-state index in [1.54, 1.807) is 6.92 Å². The number of ether oxygens (including phenoxy) is 1. The van der Waals surface area contributed by atoms with Gasteiger partial charge in [0, 0.05) is 3.57 Å². The Labute approximate surface area is 101 Å². The van der Waals surface area contributed by atoms with Gasteiger partial charge in [-0.1, -0.05) is 11.2 Å². The molecular formula is C10H9IN2O2. The van der Waals surface area contributed by atoms with Crippen molar-refractivity contribution in [3.8, 4) is 5.75 Å². The van der Waals surface area contributed by atoms with Gasteiger partial charge in [-0.2, -0.15) is 4.98 Å². The lowest BCUT2D eigenvalue weighted by atomic mass is 10.3. The number of hydrogen-bond donors (Lipinski definition) is 0. The van der Waals surface area contributed by atoms with Crippen LogP contribution in [0, 0.1) is 10.5 Å². The Balaban J connectivity index is 1.99. The minimum atomic E-state index is 0.306. The number of hydrogen-bond acceptors (Lipinski definition) is 4. The zero-order valence-electron chi connectivity index (χ0n) is 8.11. The molecule has 0 radical (unpaired) electrons. The van der Waals surface area contributed by atoms with Crippen LogP contribution in [-0.2, 0) is 6.61 Å². The molecule has 0 saturated heterocycles. The summed E-state index contributed by atoms with van der Waals surface area (Å²) in [4.78, 5) is 4.04. The number of benzene rings is 1. The molecule has 0 atom stereocenters. The maximum absolute atomic E-state index is 5.49. The van der Waals surface area contributed by atoms with Crippen molar-refractivity contribution in [2.75, 3.05) is 0 Å². The average molecular weight is 316 g/mol. The number of aromatic nitrogens is 2. The van der Waals surface area contributed by atoms with Gasteiger partial charge in [-0.25, -0.2) is 0 Å². The molecule has 1 heterocycles. The Morgan fingerprint density at radius 3 is 3.00 bits per heavy atom. The van der Waals surface area contributed by atoms with Crippen LogP contribution in [0.5, 0.6) is 5.75 Å². The lowest BCUT2D eigenvalue weighted by molar-refractivity contribution is 0.242. The van der Waals surface area contributed by atoms with E-state index in [4.69, 9.17) is 9.26 Å². The summed E-state index contributed by atoms with van der Waals surface area (Å²) in [6.45, 7) is 2.08. The van der Waals surface area contributed by atoms with Crippen LogP contribution >= 0.6 is 22.6 Å². The Morgan fingerprint density at radius 1 is 1.47 bits per heavy atom. The van der Waals surface area contributed by atoms with Crippen LogP contribution in [0.4, 0.5) is 0 Å². The van der Waals surface area contributed by atoms with Crippen LogP contribution in [0.15, 0.2) is 28.8 Å². The average Bonchev–Trinajstić information content (AvgIpc) is 2.62. The fraction of sp³-hybridized carbons (Fsp3) is 0.200. The Hall–Kier alpha value is -1.11. The monoisotopic (exact) mass is 316 g/mol. The normalized spacial score (nSPS) is 10.3. The largest absolute Gasteiger partial charge is 0.484 e. The predicted octanol–water partition coefficient (Wildman–Crippen LogP) is 2.56. The topological polar surface area (TPSA) is 48.2 Å². The maximum atomic E-state index is 5.49. The second-order valence-corrected chi connectivity index (χ2v) is 4.23. The smallest absolute Gasteiger partial charge is 0.264 e. The fourth-order valence-electron chi connectivity index (χ4n) is 1.10. The minimum absolute atomic E-state index is 0.306. The molecular weight excluding hydrogens is 307 g/mol. The molecule has 0 aliphatic carbocycles. The number of halogens is 1. The minimum Gasteiger partial charge on any atom is -0.484 e. The molecule has 4 nitrogen and oxygen atoms in total. The fourth-order valence-corrected chi connectivity index (χ4v) is 1.62. The molecule has 0 amide bonds. The third kappa shape index (κ3) is 2.92. The third-order valence-electron chi connectivity index (χ3n) is 1.73. The highest BCUT2D eigenvalue weighted by Gasteiger charge is 2.03. The Bertz CT molecular complexity index is 456. The lowest BCUT2D eigenvalue weighted by Gasteiger charge is -2.02. The van der Waals surface area contributed by atoms with Crippen LogP contribution in [0.2, 0.25) is 0 Å². The summed E-state index contributed by atoms with van der Waals surface area (Å²) in [6, 6.07) is 7.79. The molecule has 0 aliphatic rings. The molecule has 5 heteroatoms. The van der Waals surface area contributed by atoms with E-state index in [0.717, 1.165) is 9.32 Å². The highest BCUT2D eigenvalue weighted by Crippen LogP contribution is 2.15. The molecule has 2 rings (SSSR count). The van der Waals surface area contributed by atoms with Crippen molar-refractivity contribution in [2.45, 2.75) is 13.5 Å². The van der Waals surface area contributed by atoms with Gasteiger partial charge in [0.25, 0.3) is 5.89 Å². The Kier molecular flexibility index (Phi) is 3.20. The van der Waals surface area contributed by atoms with Crippen LogP contribution < -0.4 is 4.74 Å².